The molecule has 0 N–H and O–H groups in total. The summed E-state index contributed by atoms with van der Waals surface area (Å²) in [6, 6.07) is 30.5. The Labute approximate surface area is 174 Å². The molecule has 4 heteroatoms. The van der Waals surface area contributed by atoms with Gasteiger partial charge in [0.05, 0.1) is 6.04 Å². The number of hydrogen-bond donors (Lipinski definition) is 0. The zero-order valence-corrected chi connectivity index (χ0v) is 17.6. The van der Waals surface area contributed by atoms with Crippen molar-refractivity contribution in [2.45, 2.75) is 25.8 Å². The maximum atomic E-state index is 11.4. The van der Waals surface area contributed by atoms with Crippen LogP contribution in [0.15, 0.2) is 84.9 Å². The fourth-order valence-electron chi connectivity index (χ4n) is 4.02. The summed E-state index contributed by atoms with van der Waals surface area (Å²) in [4.78, 5) is 13.8. The van der Waals surface area contributed by atoms with Gasteiger partial charge in [0.1, 0.15) is 6.61 Å². The van der Waals surface area contributed by atoms with Gasteiger partial charge in [0.25, 0.3) is 0 Å². The number of anilines is 1. The van der Waals surface area contributed by atoms with E-state index in [1.54, 1.807) is 0 Å². The summed E-state index contributed by atoms with van der Waals surface area (Å²) in [5.41, 5.74) is 1.26. The molecule has 4 rings (SSSR count). The molecule has 1 saturated heterocycles. The van der Waals surface area contributed by atoms with Gasteiger partial charge in [0.2, 0.25) is 0 Å². The van der Waals surface area contributed by atoms with E-state index < -0.39 is 7.92 Å². The molecule has 3 nitrogen and oxygen atoms in total. The van der Waals surface area contributed by atoms with Crippen LogP contribution in [0.25, 0.3) is 0 Å². The number of hydrogen-bond acceptors (Lipinski definition) is 3. The van der Waals surface area contributed by atoms with Crippen molar-refractivity contribution in [2.75, 3.05) is 18.1 Å². The topological polar surface area (TPSA) is 29.5 Å². The number of carbonyl (C=O) groups excluding carboxylic acids is 1. The molecule has 0 radical (unpaired) electrons. The molecule has 1 fully saturated rings. The average molecular weight is 403 g/mol. The molecule has 29 heavy (non-hydrogen) atoms. The lowest BCUT2D eigenvalue weighted by Crippen LogP contribution is -2.37. The van der Waals surface area contributed by atoms with Crippen LogP contribution in [0.3, 0.4) is 0 Å². The van der Waals surface area contributed by atoms with Crippen molar-refractivity contribution in [3.05, 3.63) is 84.9 Å². The lowest BCUT2D eigenvalue weighted by atomic mass is 10.2. The molecule has 0 amide bonds. The van der Waals surface area contributed by atoms with Crippen molar-refractivity contribution < 1.29 is 9.53 Å². The molecule has 3 aromatic rings. The van der Waals surface area contributed by atoms with Crippen LogP contribution in [-0.2, 0) is 9.53 Å². The molecule has 1 atom stereocenters. The van der Waals surface area contributed by atoms with Gasteiger partial charge in [-0.3, -0.25) is 4.79 Å². The minimum absolute atomic E-state index is 0.207. The quantitative estimate of drug-likeness (QED) is 0.461. The van der Waals surface area contributed by atoms with E-state index in [-0.39, 0.29) is 12.0 Å². The van der Waals surface area contributed by atoms with Gasteiger partial charge in [0, 0.05) is 24.5 Å². The normalized spacial score (nSPS) is 16.2. The number of carbonyl (C=O) groups is 1. The Morgan fingerprint density at radius 2 is 1.52 bits per heavy atom. The molecule has 1 heterocycles. The Kier molecular flexibility index (Phi) is 6.27. The van der Waals surface area contributed by atoms with Gasteiger partial charge in [-0.1, -0.05) is 78.9 Å². The van der Waals surface area contributed by atoms with Crippen molar-refractivity contribution in [3.8, 4) is 0 Å². The number of nitrogens with zero attached hydrogens (tertiary/aromatic N) is 1. The fourth-order valence-corrected chi connectivity index (χ4v) is 6.48. The maximum absolute atomic E-state index is 11.4. The highest BCUT2D eigenvalue weighted by Crippen LogP contribution is 2.38. The molecular weight excluding hydrogens is 377 g/mol. The molecular formula is C25H26NO2P. The minimum Gasteiger partial charge on any atom is -0.464 e. The first-order chi connectivity index (χ1) is 14.2. The Morgan fingerprint density at radius 3 is 2.14 bits per heavy atom. The SMILES string of the molecule is CC(=O)OC[C@H]1CCCN1c1ccccc1P(c1ccccc1)c1ccccc1. The Hall–Kier alpha value is -2.64. The van der Waals surface area contributed by atoms with Gasteiger partial charge in [-0.2, -0.15) is 0 Å². The summed E-state index contributed by atoms with van der Waals surface area (Å²) in [6.45, 7) is 2.94. The Bertz CT molecular complexity index is 906. The van der Waals surface area contributed by atoms with Gasteiger partial charge in [-0.15, -0.1) is 0 Å². The van der Waals surface area contributed by atoms with Crippen LogP contribution >= 0.6 is 7.92 Å². The second-order valence-corrected chi connectivity index (χ2v) is 9.47. The zero-order chi connectivity index (χ0) is 20.1. The fraction of sp³-hybridized carbons (Fsp3) is 0.240. The average Bonchev–Trinajstić information content (AvgIpc) is 3.23. The predicted molar refractivity (Wildman–Crippen MR) is 122 cm³/mol. The molecule has 0 bridgehead atoms. The molecule has 1 aliphatic heterocycles. The number of rotatable bonds is 6. The van der Waals surface area contributed by atoms with E-state index in [4.69, 9.17) is 4.74 Å². The predicted octanol–water partition coefficient (Wildman–Crippen LogP) is 3.98. The van der Waals surface area contributed by atoms with Crippen molar-refractivity contribution in [1.82, 2.24) is 0 Å². The number of para-hydroxylation sites is 1. The van der Waals surface area contributed by atoms with E-state index in [1.165, 1.54) is 28.5 Å². The smallest absolute Gasteiger partial charge is 0.302 e. The van der Waals surface area contributed by atoms with Crippen molar-refractivity contribution in [2.24, 2.45) is 0 Å². The standard InChI is InChI=1S/C25H26NO2P/c1-20(27)28-19-21-11-10-18-26(21)24-16-8-9-17-25(24)29(22-12-4-2-5-13-22)23-14-6-3-7-15-23/h2-9,12-17,21H,10-11,18-19H2,1H3/t21-/m1/s1. The molecule has 0 unspecified atom stereocenters. The third-order valence-electron chi connectivity index (χ3n) is 5.32. The van der Waals surface area contributed by atoms with Gasteiger partial charge in [-0.05, 0) is 37.4 Å². The largest absolute Gasteiger partial charge is 0.464 e. The van der Waals surface area contributed by atoms with Crippen LogP contribution in [0, 0.1) is 0 Å². The van der Waals surface area contributed by atoms with Crippen LogP contribution in [0.4, 0.5) is 5.69 Å². The highest BCUT2D eigenvalue weighted by molar-refractivity contribution is 7.80. The van der Waals surface area contributed by atoms with Gasteiger partial charge < -0.3 is 9.64 Å². The van der Waals surface area contributed by atoms with Crippen LogP contribution in [0.1, 0.15) is 19.8 Å². The van der Waals surface area contributed by atoms with Crippen LogP contribution in [0.5, 0.6) is 0 Å². The van der Waals surface area contributed by atoms with Crippen LogP contribution in [-0.4, -0.2) is 25.2 Å². The van der Waals surface area contributed by atoms with Crippen molar-refractivity contribution in [1.29, 1.82) is 0 Å². The number of benzene rings is 3. The molecule has 3 aromatic carbocycles. The Balaban J connectivity index is 1.76. The van der Waals surface area contributed by atoms with Crippen LogP contribution in [0.2, 0.25) is 0 Å². The summed E-state index contributed by atoms with van der Waals surface area (Å²) < 4.78 is 5.37. The van der Waals surface area contributed by atoms with Gasteiger partial charge >= 0.3 is 5.97 Å². The number of ether oxygens (including phenoxy) is 1. The second kappa shape index (κ2) is 9.24. The highest BCUT2D eigenvalue weighted by Gasteiger charge is 2.29. The monoisotopic (exact) mass is 403 g/mol. The third kappa shape index (κ3) is 4.52. The molecule has 0 aliphatic carbocycles. The van der Waals surface area contributed by atoms with E-state index >= 15 is 0 Å². The first-order valence-electron chi connectivity index (χ1n) is 10.1. The minimum atomic E-state index is -0.673. The third-order valence-corrected chi connectivity index (χ3v) is 7.81. The highest BCUT2D eigenvalue weighted by atomic mass is 31.1. The van der Waals surface area contributed by atoms with Gasteiger partial charge in [-0.25, -0.2) is 0 Å². The van der Waals surface area contributed by atoms with Crippen LogP contribution < -0.4 is 20.8 Å². The molecule has 0 spiro atoms. The lowest BCUT2D eigenvalue weighted by molar-refractivity contribution is -0.141. The summed E-state index contributed by atoms with van der Waals surface area (Å²) in [7, 11) is -0.673. The number of esters is 1. The Morgan fingerprint density at radius 1 is 0.931 bits per heavy atom. The summed E-state index contributed by atoms with van der Waals surface area (Å²) >= 11 is 0. The summed E-state index contributed by atoms with van der Waals surface area (Å²) in [5.74, 6) is -0.207. The van der Waals surface area contributed by atoms with Crippen molar-refractivity contribution >= 4 is 35.5 Å². The second-order valence-electron chi connectivity index (χ2n) is 7.29. The first kappa shape index (κ1) is 19.7. The summed E-state index contributed by atoms with van der Waals surface area (Å²) in [6.07, 6.45) is 2.17. The zero-order valence-electron chi connectivity index (χ0n) is 16.7. The van der Waals surface area contributed by atoms with Gasteiger partial charge in [0.15, 0.2) is 0 Å². The maximum Gasteiger partial charge on any atom is 0.302 e. The van der Waals surface area contributed by atoms with E-state index in [0.29, 0.717) is 6.61 Å². The molecule has 148 valence electrons. The summed E-state index contributed by atoms with van der Waals surface area (Å²) in [5, 5.41) is 4.04. The van der Waals surface area contributed by atoms with E-state index in [0.717, 1.165) is 19.4 Å². The van der Waals surface area contributed by atoms with E-state index in [9.17, 15) is 4.79 Å². The van der Waals surface area contributed by atoms with E-state index in [1.807, 2.05) is 0 Å². The van der Waals surface area contributed by atoms with E-state index in [2.05, 4.69) is 89.8 Å². The molecule has 0 saturated carbocycles. The molecule has 0 aromatic heterocycles. The lowest BCUT2D eigenvalue weighted by Gasteiger charge is -2.31. The molecule has 1 aliphatic rings. The van der Waals surface area contributed by atoms with Crippen molar-refractivity contribution in [3.63, 3.8) is 0 Å². The first-order valence-corrected chi connectivity index (χ1v) is 11.5.